The van der Waals surface area contributed by atoms with Gasteiger partial charge in [-0.2, -0.15) is 8.42 Å². The van der Waals surface area contributed by atoms with Crippen LogP contribution in [0.25, 0.3) is 10.8 Å². The summed E-state index contributed by atoms with van der Waals surface area (Å²) in [4.78, 5) is 12.8. The molecule has 0 saturated carbocycles. The van der Waals surface area contributed by atoms with E-state index in [1.807, 2.05) is 6.92 Å². The summed E-state index contributed by atoms with van der Waals surface area (Å²) in [7, 11) is -4.48. The second kappa shape index (κ2) is 11.2. The highest BCUT2D eigenvalue weighted by atomic mass is 35.5. The molecule has 9 nitrogen and oxygen atoms in total. The van der Waals surface area contributed by atoms with Gasteiger partial charge in [-0.15, -0.1) is 10.2 Å². The third-order valence-electron chi connectivity index (χ3n) is 5.71. The number of hydrogen-bond acceptors (Lipinski definition) is 7. The lowest BCUT2D eigenvalue weighted by Crippen LogP contribution is -2.12. The van der Waals surface area contributed by atoms with Crippen molar-refractivity contribution in [2.24, 2.45) is 10.2 Å². The molecule has 196 valence electrons. The van der Waals surface area contributed by atoms with E-state index in [0.717, 1.165) is 0 Å². The van der Waals surface area contributed by atoms with Gasteiger partial charge in [0.05, 0.1) is 22.1 Å². The lowest BCUT2D eigenvalue weighted by molar-refractivity contribution is 0.102. The fourth-order valence-corrected chi connectivity index (χ4v) is 5.15. The van der Waals surface area contributed by atoms with Crippen molar-refractivity contribution in [3.8, 4) is 11.5 Å². The molecule has 0 aromatic heterocycles. The highest BCUT2D eigenvalue weighted by Crippen LogP contribution is 2.41. The van der Waals surface area contributed by atoms with Gasteiger partial charge < -0.3 is 15.2 Å². The summed E-state index contributed by atoms with van der Waals surface area (Å²) in [6.07, 6.45) is 0.214. The van der Waals surface area contributed by atoms with Crippen LogP contribution in [0, 0.1) is 0 Å². The molecule has 4 aromatic rings. The average molecular weight is 554 g/mol. The number of halogens is 1. The topological polar surface area (TPSA) is 138 Å². The number of fused-ring (bicyclic) bond motifs is 1. The summed E-state index contributed by atoms with van der Waals surface area (Å²) in [5, 5.41) is 23.4. The van der Waals surface area contributed by atoms with Crippen molar-refractivity contribution in [3.63, 3.8) is 0 Å². The number of rotatable bonds is 8. The number of hydrogen-bond donors (Lipinski definition) is 3. The monoisotopic (exact) mass is 553 g/mol. The van der Waals surface area contributed by atoms with Gasteiger partial charge >= 0.3 is 0 Å². The molecule has 0 fully saturated rings. The van der Waals surface area contributed by atoms with Crippen molar-refractivity contribution in [3.05, 3.63) is 82.9 Å². The Hall–Kier alpha value is -3.99. The van der Waals surface area contributed by atoms with Crippen LogP contribution in [0.5, 0.6) is 11.5 Å². The first kappa shape index (κ1) is 27.1. The average Bonchev–Trinajstić information content (AvgIpc) is 2.88. The molecule has 0 atom stereocenters. The number of benzene rings is 4. The molecule has 38 heavy (non-hydrogen) atoms. The summed E-state index contributed by atoms with van der Waals surface area (Å²) in [6, 6.07) is 17.9. The maximum Gasteiger partial charge on any atom is 0.294 e. The molecule has 0 aliphatic rings. The van der Waals surface area contributed by atoms with Gasteiger partial charge in [0.25, 0.3) is 16.0 Å². The van der Waals surface area contributed by atoms with Crippen LogP contribution in [0.1, 0.15) is 29.8 Å². The van der Waals surface area contributed by atoms with Crippen LogP contribution in [0.2, 0.25) is 5.02 Å². The quantitative estimate of drug-likeness (QED) is 0.157. The van der Waals surface area contributed by atoms with E-state index in [1.165, 1.54) is 12.1 Å². The summed E-state index contributed by atoms with van der Waals surface area (Å²) in [5.41, 5.74) is 0.796. The third kappa shape index (κ3) is 5.62. The molecule has 0 bridgehead atoms. The Bertz CT molecular complexity index is 1670. The zero-order valence-electron chi connectivity index (χ0n) is 20.5. The Balaban J connectivity index is 1.77. The Labute approximate surface area is 224 Å². The van der Waals surface area contributed by atoms with Crippen molar-refractivity contribution in [1.82, 2.24) is 0 Å². The fraction of sp³-hybridized carbons (Fsp3) is 0.148. The van der Waals surface area contributed by atoms with Crippen molar-refractivity contribution in [1.29, 1.82) is 0 Å². The Morgan fingerprint density at radius 1 is 1.03 bits per heavy atom. The van der Waals surface area contributed by atoms with Crippen molar-refractivity contribution >= 4 is 55.5 Å². The summed E-state index contributed by atoms with van der Waals surface area (Å²) in [6.45, 7) is 4.01. The normalized spacial score (nSPS) is 11.7. The van der Waals surface area contributed by atoms with Crippen LogP contribution >= 0.6 is 11.6 Å². The SMILES string of the molecule is CCOc1cccc(NC(=O)c2cc3ccccc3c(N=Nc3ccc(S(=O)(=O)O)c(CC)c3Cl)c2O)c1. The summed E-state index contributed by atoms with van der Waals surface area (Å²) >= 11 is 6.39. The molecule has 4 aromatic carbocycles. The van der Waals surface area contributed by atoms with Crippen LogP contribution < -0.4 is 10.1 Å². The molecule has 0 radical (unpaired) electrons. The third-order valence-corrected chi connectivity index (χ3v) is 7.07. The first-order chi connectivity index (χ1) is 18.1. The van der Waals surface area contributed by atoms with Gasteiger partial charge in [-0.3, -0.25) is 9.35 Å². The standard InChI is InChI=1S/C27H24ClN3O6S/c1-3-19-23(38(34,35)36)13-12-22(24(19)28)30-31-25-20-11-6-5-8-16(20)14-21(26(25)32)27(33)29-17-9-7-10-18(15-17)37-4-2/h5-15,32H,3-4H2,1-2H3,(H,29,33)(H,34,35,36). The van der Waals surface area contributed by atoms with E-state index in [0.29, 0.717) is 28.8 Å². The van der Waals surface area contributed by atoms with Crippen LogP contribution in [-0.4, -0.2) is 30.6 Å². The summed E-state index contributed by atoms with van der Waals surface area (Å²) < 4.78 is 38.4. The second-order valence-electron chi connectivity index (χ2n) is 8.16. The maximum atomic E-state index is 13.2. The predicted molar refractivity (Wildman–Crippen MR) is 146 cm³/mol. The van der Waals surface area contributed by atoms with Crippen molar-refractivity contribution < 1.29 is 27.6 Å². The van der Waals surface area contributed by atoms with Crippen molar-refractivity contribution in [2.75, 3.05) is 11.9 Å². The molecule has 11 heteroatoms. The number of nitrogens with one attached hydrogen (secondary N) is 1. The van der Waals surface area contributed by atoms with Gasteiger partial charge in [0, 0.05) is 17.1 Å². The van der Waals surface area contributed by atoms with Crippen LogP contribution in [0.15, 0.2) is 81.9 Å². The number of carbonyl (C=O) groups excluding carboxylic acids is 1. The Morgan fingerprint density at radius 2 is 1.79 bits per heavy atom. The van der Waals surface area contributed by atoms with E-state index in [9.17, 15) is 22.9 Å². The van der Waals surface area contributed by atoms with E-state index in [4.69, 9.17) is 16.3 Å². The number of anilines is 1. The Morgan fingerprint density at radius 3 is 2.50 bits per heavy atom. The van der Waals surface area contributed by atoms with Gasteiger partial charge in [0.1, 0.15) is 17.1 Å². The van der Waals surface area contributed by atoms with Crippen molar-refractivity contribution in [2.45, 2.75) is 25.2 Å². The van der Waals surface area contributed by atoms with Crippen LogP contribution in [-0.2, 0) is 16.5 Å². The molecule has 0 aliphatic carbocycles. The number of phenols is 1. The van der Waals surface area contributed by atoms with Crippen LogP contribution in [0.4, 0.5) is 17.1 Å². The molecule has 4 rings (SSSR count). The number of aromatic hydroxyl groups is 1. The van der Waals surface area contributed by atoms with Gasteiger partial charge in [-0.05, 0) is 54.6 Å². The highest BCUT2D eigenvalue weighted by Gasteiger charge is 2.21. The fourth-order valence-electron chi connectivity index (χ4n) is 3.96. The van der Waals surface area contributed by atoms with Gasteiger partial charge in [-0.1, -0.05) is 48.9 Å². The smallest absolute Gasteiger partial charge is 0.294 e. The van der Waals surface area contributed by atoms with Crippen LogP contribution in [0.3, 0.4) is 0 Å². The molecule has 0 saturated heterocycles. The minimum absolute atomic E-state index is 0.00162. The molecule has 1 amide bonds. The van der Waals surface area contributed by atoms with Gasteiger partial charge in [-0.25, -0.2) is 0 Å². The number of phenolic OH excluding ortho intramolecular Hbond substituents is 1. The number of ether oxygens (including phenoxy) is 1. The molecule has 3 N–H and O–H groups in total. The predicted octanol–water partition coefficient (Wildman–Crippen LogP) is 7.07. The molecule has 0 aliphatic heterocycles. The zero-order chi connectivity index (χ0) is 27.4. The number of azo groups is 1. The van der Waals surface area contributed by atoms with Gasteiger partial charge in [0.15, 0.2) is 5.75 Å². The number of carbonyl (C=O) groups is 1. The highest BCUT2D eigenvalue weighted by molar-refractivity contribution is 7.85. The second-order valence-corrected chi connectivity index (χ2v) is 9.93. The zero-order valence-corrected chi connectivity index (χ0v) is 22.0. The van der Waals surface area contributed by atoms with E-state index in [1.54, 1.807) is 61.5 Å². The minimum Gasteiger partial charge on any atom is -0.505 e. The van der Waals surface area contributed by atoms with E-state index < -0.39 is 21.8 Å². The molecular formula is C27H24ClN3O6S. The van der Waals surface area contributed by atoms with E-state index in [2.05, 4.69) is 15.5 Å². The molecule has 0 spiro atoms. The molecule has 0 unspecified atom stereocenters. The Kier molecular flexibility index (Phi) is 7.96. The molecule has 0 heterocycles. The molecular weight excluding hydrogens is 530 g/mol. The first-order valence-corrected chi connectivity index (χ1v) is 13.4. The lowest BCUT2D eigenvalue weighted by Gasteiger charge is -2.12. The minimum atomic E-state index is -4.48. The first-order valence-electron chi connectivity index (χ1n) is 11.6. The summed E-state index contributed by atoms with van der Waals surface area (Å²) in [5.74, 6) is -0.375. The maximum absolute atomic E-state index is 13.2. The number of amides is 1. The largest absolute Gasteiger partial charge is 0.505 e. The number of nitrogens with zero attached hydrogens (tertiary/aromatic N) is 2. The lowest BCUT2D eigenvalue weighted by atomic mass is 10.0. The van der Waals surface area contributed by atoms with E-state index in [-0.39, 0.29) is 38.8 Å². The van der Waals surface area contributed by atoms with E-state index >= 15 is 0 Å². The van der Waals surface area contributed by atoms with Gasteiger partial charge in [0.2, 0.25) is 0 Å².